The lowest BCUT2D eigenvalue weighted by Crippen LogP contribution is -2.48. The Morgan fingerprint density at radius 2 is 1.84 bits per heavy atom. The van der Waals surface area contributed by atoms with Gasteiger partial charge in [-0.25, -0.2) is 0 Å². The largest absolute Gasteiger partial charge is 0.336 e. The van der Waals surface area contributed by atoms with Crippen molar-refractivity contribution < 1.29 is 4.79 Å². The summed E-state index contributed by atoms with van der Waals surface area (Å²) in [4.78, 5) is 17.2. The molecule has 0 unspecified atom stereocenters. The van der Waals surface area contributed by atoms with Gasteiger partial charge in [-0.1, -0.05) is 29.8 Å². The molecule has 6 heteroatoms. The van der Waals surface area contributed by atoms with E-state index in [0.29, 0.717) is 0 Å². The fourth-order valence-electron chi connectivity index (χ4n) is 3.45. The van der Waals surface area contributed by atoms with Crippen LogP contribution in [0, 0.1) is 13.8 Å². The zero-order valence-corrected chi connectivity index (χ0v) is 15.9. The molecule has 1 aromatic carbocycles. The first-order valence-electron chi connectivity index (χ1n) is 8.80. The van der Waals surface area contributed by atoms with Gasteiger partial charge in [0.25, 0.3) is 5.91 Å². The van der Waals surface area contributed by atoms with E-state index in [9.17, 15) is 4.79 Å². The highest BCUT2D eigenvalue weighted by Gasteiger charge is 2.26. The van der Waals surface area contributed by atoms with Gasteiger partial charge in [0.2, 0.25) is 0 Å². The number of piperazine rings is 1. The van der Waals surface area contributed by atoms with Crippen molar-refractivity contribution in [3.8, 4) is 0 Å². The quantitative estimate of drug-likeness (QED) is 0.841. The summed E-state index contributed by atoms with van der Waals surface area (Å²) in [6.07, 6.45) is 0. The summed E-state index contributed by atoms with van der Waals surface area (Å²) < 4.78 is 1.90. The maximum Gasteiger partial charge on any atom is 0.257 e. The standard InChI is InChI=1S/C19H25ClN4O/c1-4-24-15(3)18(14(2)21-24)19(25)23-11-9-22(10-12-23)13-16-7-5-6-8-17(16)20/h5-8H,4,9-13H2,1-3H3. The van der Waals surface area contributed by atoms with E-state index in [-0.39, 0.29) is 5.91 Å². The third-order valence-electron chi connectivity index (χ3n) is 4.91. The van der Waals surface area contributed by atoms with E-state index in [1.165, 1.54) is 0 Å². The minimum atomic E-state index is 0.104. The Bertz CT molecular complexity index is 763. The van der Waals surface area contributed by atoms with Crippen molar-refractivity contribution in [2.75, 3.05) is 26.2 Å². The number of aromatic nitrogens is 2. The average molecular weight is 361 g/mol. The lowest BCUT2D eigenvalue weighted by Gasteiger charge is -2.35. The molecule has 0 radical (unpaired) electrons. The number of amides is 1. The van der Waals surface area contributed by atoms with Gasteiger partial charge in [0.05, 0.1) is 11.3 Å². The molecule has 0 saturated carbocycles. The van der Waals surface area contributed by atoms with Crippen molar-refractivity contribution in [3.05, 3.63) is 51.8 Å². The number of nitrogens with zero attached hydrogens (tertiary/aromatic N) is 4. The Labute approximate surface area is 154 Å². The first kappa shape index (κ1) is 18.0. The second-order valence-corrected chi connectivity index (χ2v) is 6.93. The van der Waals surface area contributed by atoms with Crippen LogP contribution in [0.15, 0.2) is 24.3 Å². The SMILES string of the molecule is CCn1nc(C)c(C(=O)N2CCN(Cc3ccccc3Cl)CC2)c1C. The predicted molar refractivity (Wildman–Crippen MR) is 100 cm³/mol. The zero-order chi connectivity index (χ0) is 18.0. The number of rotatable bonds is 4. The summed E-state index contributed by atoms with van der Waals surface area (Å²) in [6.45, 7) is 10.7. The molecule has 1 saturated heterocycles. The smallest absolute Gasteiger partial charge is 0.257 e. The third-order valence-corrected chi connectivity index (χ3v) is 5.27. The van der Waals surface area contributed by atoms with Crippen LogP contribution in [-0.2, 0) is 13.1 Å². The maximum absolute atomic E-state index is 12.9. The normalized spacial score (nSPS) is 15.6. The molecule has 3 rings (SSSR count). The van der Waals surface area contributed by atoms with Crippen LogP contribution in [-0.4, -0.2) is 51.7 Å². The number of benzene rings is 1. The van der Waals surface area contributed by atoms with Crippen molar-refractivity contribution in [2.24, 2.45) is 0 Å². The molecule has 5 nitrogen and oxygen atoms in total. The van der Waals surface area contributed by atoms with Gasteiger partial charge in [-0.05, 0) is 32.4 Å². The monoisotopic (exact) mass is 360 g/mol. The van der Waals surface area contributed by atoms with Crippen LogP contribution < -0.4 is 0 Å². The minimum absolute atomic E-state index is 0.104. The summed E-state index contributed by atoms with van der Waals surface area (Å²) in [6, 6.07) is 7.95. The van der Waals surface area contributed by atoms with E-state index < -0.39 is 0 Å². The first-order chi connectivity index (χ1) is 12.0. The van der Waals surface area contributed by atoms with Crippen molar-refractivity contribution in [1.29, 1.82) is 0 Å². The zero-order valence-electron chi connectivity index (χ0n) is 15.1. The lowest BCUT2D eigenvalue weighted by molar-refractivity contribution is 0.0627. The number of carbonyl (C=O) groups is 1. The summed E-state index contributed by atoms with van der Waals surface area (Å²) in [5, 5.41) is 5.27. The molecule has 1 aliphatic heterocycles. The molecule has 0 bridgehead atoms. The Morgan fingerprint density at radius 3 is 2.44 bits per heavy atom. The van der Waals surface area contributed by atoms with Crippen molar-refractivity contribution in [1.82, 2.24) is 19.6 Å². The van der Waals surface area contributed by atoms with Crippen molar-refractivity contribution in [2.45, 2.75) is 33.9 Å². The molecular formula is C19H25ClN4O. The molecule has 2 heterocycles. The highest BCUT2D eigenvalue weighted by Crippen LogP contribution is 2.20. The van der Waals surface area contributed by atoms with Gasteiger partial charge in [-0.3, -0.25) is 14.4 Å². The summed E-state index contributed by atoms with van der Waals surface area (Å²) in [7, 11) is 0. The fraction of sp³-hybridized carbons (Fsp3) is 0.474. The molecule has 0 aliphatic carbocycles. The molecule has 1 aromatic heterocycles. The van der Waals surface area contributed by atoms with Crippen LogP contribution >= 0.6 is 11.6 Å². The van der Waals surface area contributed by atoms with Crippen molar-refractivity contribution in [3.63, 3.8) is 0 Å². The van der Waals surface area contributed by atoms with Gasteiger partial charge in [-0.2, -0.15) is 5.10 Å². The Balaban J connectivity index is 1.63. The molecule has 134 valence electrons. The summed E-state index contributed by atoms with van der Waals surface area (Å²) >= 11 is 6.25. The second kappa shape index (κ2) is 7.58. The summed E-state index contributed by atoms with van der Waals surface area (Å²) in [5.74, 6) is 0.104. The van der Waals surface area contributed by atoms with E-state index in [1.807, 2.05) is 48.6 Å². The molecule has 0 atom stereocenters. The topological polar surface area (TPSA) is 41.4 Å². The van der Waals surface area contributed by atoms with Gasteiger partial charge in [0.1, 0.15) is 0 Å². The van der Waals surface area contributed by atoms with Crippen molar-refractivity contribution >= 4 is 17.5 Å². The van der Waals surface area contributed by atoms with E-state index in [0.717, 1.165) is 66.8 Å². The highest BCUT2D eigenvalue weighted by atomic mass is 35.5. The second-order valence-electron chi connectivity index (χ2n) is 6.52. The number of halogens is 1. The van der Waals surface area contributed by atoms with Crippen LogP contribution in [0.1, 0.15) is 34.2 Å². The third kappa shape index (κ3) is 3.72. The Kier molecular flexibility index (Phi) is 5.45. The van der Waals surface area contributed by atoms with E-state index in [4.69, 9.17) is 11.6 Å². The summed E-state index contributed by atoms with van der Waals surface area (Å²) in [5.41, 5.74) is 3.69. The molecule has 0 spiro atoms. The van der Waals surface area contributed by atoms with Crippen LogP contribution in [0.3, 0.4) is 0 Å². The van der Waals surface area contributed by atoms with E-state index in [1.54, 1.807) is 0 Å². The average Bonchev–Trinajstić information content (AvgIpc) is 2.91. The Hall–Kier alpha value is -1.85. The van der Waals surface area contributed by atoms with Crippen LogP contribution in [0.25, 0.3) is 0 Å². The minimum Gasteiger partial charge on any atom is -0.336 e. The van der Waals surface area contributed by atoms with Gasteiger partial charge < -0.3 is 4.90 Å². The highest BCUT2D eigenvalue weighted by molar-refractivity contribution is 6.31. The fourth-order valence-corrected chi connectivity index (χ4v) is 3.64. The van der Waals surface area contributed by atoms with Gasteiger partial charge in [0, 0.05) is 50.0 Å². The van der Waals surface area contributed by atoms with Gasteiger partial charge >= 0.3 is 0 Å². The number of hydrogen-bond acceptors (Lipinski definition) is 3. The molecule has 1 aliphatic rings. The molecule has 1 amide bonds. The van der Waals surface area contributed by atoms with Crippen LogP contribution in [0.4, 0.5) is 0 Å². The first-order valence-corrected chi connectivity index (χ1v) is 9.18. The molecule has 25 heavy (non-hydrogen) atoms. The van der Waals surface area contributed by atoms with E-state index in [2.05, 4.69) is 16.1 Å². The molecule has 0 N–H and O–H groups in total. The predicted octanol–water partition coefficient (Wildman–Crippen LogP) is 3.13. The maximum atomic E-state index is 12.9. The van der Waals surface area contributed by atoms with E-state index >= 15 is 0 Å². The number of carbonyl (C=O) groups excluding carboxylic acids is 1. The molecule has 2 aromatic rings. The van der Waals surface area contributed by atoms with Crippen LogP contribution in [0.2, 0.25) is 5.02 Å². The lowest BCUT2D eigenvalue weighted by atomic mass is 10.1. The molecule has 1 fully saturated rings. The number of aryl methyl sites for hydroxylation is 2. The molecular weight excluding hydrogens is 336 g/mol. The Morgan fingerprint density at radius 1 is 1.16 bits per heavy atom. The van der Waals surface area contributed by atoms with Crippen LogP contribution in [0.5, 0.6) is 0 Å². The van der Waals surface area contributed by atoms with Gasteiger partial charge in [-0.15, -0.1) is 0 Å². The number of hydrogen-bond donors (Lipinski definition) is 0. The van der Waals surface area contributed by atoms with Gasteiger partial charge in [0.15, 0.2) is 0 Å².